The second kappa shape index (κ2) is 5.29. The zero-order valence-corrected chi connectivity index (χ0v) is 13.3. The Morgan fingerprint density at radius 2 is 1.89 bits per heavy atom. The molecule has 2 rings (SSSR count). The van der Waals surface area contributed by atoms with Gasteiger partial charge in [0.25, 0.3) is 0 Å². The fourth-order valence-corrected chi connectivity index (χ4v) is 2.67. The van der Waals surface area contributed by atoms with E-state index in [1.807, 2.05) is 26.8 Å². The molecule has 0 aliphatic rings. The zero-order chi connectivity index (χ0) is 14.2. The Balaban J connectivity index is 2.26. The predicted octanol–water partition coefficient (Wildman–Crippen LogP) is 4.72. The van der Waals surface area contributed by atoms with Crippen LogP contribution in [0.5, 0.6) is 0 Å². The largest absolute Gasteiger partial charge is 0.466 e. The summed E-state index contributed by atoms with van der Waals surface area (Å²) in [5.74, 6) is 1.90. The summed E-state index contributed by atoms with van der Waals surface area (Å²) in [7, 11) is 0. The maximum Gasteiger partial charge on any atom is 0.106 e. The van der Waals surface area contributed by atoms with Crippen LogP contribution in [0.4, 0.5) is 11.4 Å². The highest BCUT2D eigenvalue weighted by Crippen LogP contribution is 2.32. The van der Waals surface area contributed by atoms with Crippen molar-refractivity contribution < 1.29 is 4.42 Å². The van der Waals surface area contributed by atoms with E-state index in [1.54, 1.807) is 0 Å². The zero-order valence-electron chi connectivity index (χ0n) is 11.7. The topological polar surface area (TPSA) is 51.2 Å². The molecule has 0 saturated heterocycles. The summed E-state index contributed by atoms with van der Waals surface area (Å²) in [5, 5.41) is 3.49. The van der Waals surface area contributed by atoms with E-state index in [2.05, 4.69) is 40.3 Å². The second-order valence-corrected chi connectivity index (χ2v) is 5.78. The fraction of sp³-hybridized carbons (Fsp3) is 0.333. The molecule has 1 unspecified atom stereocenters. The van der Waals surface area contributed by atoms with Crippen LogP contribution in [-0.2, 0) is 0 Å². The Hall–Kier alpha value is -1.42. The molecule has 4 heteroatoms. The molecule has 0 saturated carbocycles. The quantitative estimate of drug-likeness (QED) is 0.803. The number of hydrogen-bond donors (Lipinski definition) is 2. The smallest absolute Gasteiger partial charge is 0.106 e. The normalized spacial score (nSPS) is 12.5. The number of rotatable bonds is 3. The number of furan rings is 1. The van der Waals surface area contributed by atoms with Gasteiger partial charge >= 0.3 is 0 Å². The van der Waals surface area contributed by atoms with Crippen LogP contribution in [0, 0.1) is 20.8 Å². The van der Waals surface area contributed by atoms with E-state index in [0.717, 1.165) is 32.9 Å². The lowest BCUT2D eigenvalue weighted by Gasteiger charge is -2.17. The summed E-state index contributed by atoms with van der Waals surface area (Å²) in [6, 6.07) is 6.23. The van der Waals surface area contributed by atoms with E-state index < -0.39 is 0 Å². The minimum Gasteiger partial charge on any atom is -0.466 e. The van der Waals surface area contributed by atoms with Crippen molar-refractivity contribution in [3.8, 4) is 0 Å². The van der Waals surface area contributed by atoms with Gasteiger partial charge in [-0.2, -0.15) is 0 Å². The van der Waals surface area contributed by atoms with Gasteiger partial charge in [-0.25, -0.2) is 0 Å². The van der Waals surface area contributed by atoms with Gasteiger partial charge in [0.05, 0.1) is 6.04 Å². The minimum atomic E-state index is 0.178. The van der Waals surface area contributed by atoms with Crippen LogP contribution in [0.25, 0.3) is 0 Å². The molecule has 3 N–H and O–H groups in total. The molecule has 1 heterocycles. The van der Waals surface area contributed by atoms with Crippen molar-refractivity contribution in [2.45, 2.75) is 33.7 Å². The lowest BCUT2D eigenvalue weighted by molar-refractivity contribution is 0.500. The van der Waals surface area contributed by atoms with E-state index in [1.165, 1.54) is 5.56 Å². The SMILES string of the molecule is Cc1cc(C(C)Nc2cc(C)c(N)cc2Br)c(C)o1. The first-order valence-electron chi connectivity index (χ1n) is 6.27. The van der Waals surface area contributed by atoms with Crippen molar-refractivity contribution in [2.75, 3.05) is 11.1 Å². The van der Waals surface area contributed by atoms with Crippen LogP contribution in [0.15, 0.2) is 27.1 Å². The Morgan fingerprint density at radius 1 is 1.21 bits per heavy atom. The molecule has 102 valence electrons. The van der Waals surface area contributed by atoms with E-state index in [9.17, 15) is 0 Å². The number of nitrogen functional groups attached to an aromatic ring is 1. The van der Waals surface area contributed by atoms with E-state index in [0.29, 0.717) is 0 Å². The molecule has 1 atom stereocenters. The van der Waals surface area contributed by atoms with Crippen LogP contribution >= 0.6 is 15.9 Å². The number of halogens is 1. The number of nitrogens with one attached hydrogen (secondary N) is 1. The maximum atomic E-state index is 5.89. The van der Waals surface area contributed by atoms with Crippen molar-refractivity contribution in [1.82, 2.24) is 0 Å². The van der Waals surface area contributed by atoms with Gasteiger partial charge in [0.15, 0.2) is 0 Å². The highest BCUT2D eigenvalue weighted by atomic mass is 79.9. The summed E-state index contributed by atoms with van der Waals surface area (Å²) < 4.78 is 6.55. The third-order valence-corrected chi connectivity index (χ3v) is 3.93. The van der Waals surface area contributed by atoms with Crippen molar-refractivity contribution in [3.63, 3.8) is 0 Å². The Labute approximate surface area is 122 Å². The molecule has 0 aliphatic heterocycles. The molecule has 0 aliphatic carbocycles. The van der Waals surface area contributed by atoms with Crippen LogP contribution in [-0.4, -0.2) is 0 Å². The summed E-state index contributed by atoms with van der Waals surface area (Å²) in [4.78, 5) is 0. The van der Waals surface area contributed by atoms with Crippen LogP contribution in [0.1, 0.15) is 35.6 Å². The molecule has 3 nitrogen and oxygen atoms in total. The van der Waals surface area contributed by atoms with Crippen molar-refractivity contribution in [3.05, 3.63) is 45.3 Å². The van der Waals surface area contributed by atoms with Gasteiger partial charge in [-0.1, -0.05) is 0 Å². The molecule has 1 aromatic carbocycles. The lowest BCUT2D eigenvalue weighted by atomic mass is 10.1. The standard InChI is InChI=1S/C15H19BrN2O/c1-8-5-15(13(16)7-14(8)17)18-10(3)12-6-9(2)19-11(12)4/h5-7,10,18H,17H2,1-4H3. The van der Waals surface area contributed by atoms with Crippen LogP contribution < -0.4 is 11.1 Å². The average Bonchev–Trinajstić information content (AvgIpc) is 2.65. The predicted molar refractivity (Wildman–Crippen MR) is 83.5 cm³/mol. The van der Waals surface area contributed by atoms with Crippen molar-refractivity contribution in [1.29, 1.82) is 0 Å². The highest BCUT2D eigenvalue weighted by molar-refractivity contribution is 9.10. The first-order valence-corrected chi connectivity index (χ1v) is 7.07. The monoisotopic (exact) mass is 322 g/mol. The summed E-state index contributed by atoms with van der Waals surface area (Å²) in [6.45, 7) is 8.08. The first kappa shape index (κ1) is 14.0. The molecule has 0 bridgehead atoms. The molecule has 0 fully saturated rings. The van der Waals surface area contributed by atoms with Crippen molar-refractivity contribution in [2.24, 2.45) is 0 Å². The van der Waals surface area contributed by atoms with E-state index in [-0.39, 0.29) is 6.04 Å². The minimum absolute atomic E-state index is 0.178. The van der Waals surface area contributed by atoms with Gasteiger partial charge in [0.1, 0.15) is 11.5 Å². The summed E-state index contributed by atoms with van der Waals surface area (Å²) in [6.07, 6.45) is 0. The molecule has 0 amide bonds. The number of benzene rings is 1. The maximum absolute atomic E-state index is 5.89. The van der Waals surface area contributed by atoms with Gasteiger partial charge in [0.2, 0.25) is 0 Å². The molecule has 1 aromatic heterocycles. The van der Waals surface area contributed by atoms with Gasteiger partial charge in [0, 0.05) is 21.4 Å². The van der Waals surface area contributed by atoms with Gasteiger partial charge in [-0.05, 0) is 67.4 Å². The molecule has 2 aromatic rings. The second-order valence-electron chi connectivity index (χ2n) is 4.92. The molecular weight excluding hydrogens is 304 g/mol. The Kier molecular flexibility index (Phi) is 3.90. The number of aryl methyl sites for hydroxylation is 3. The van der Waals surface area contributed by atoms with Crippen LogP contribution in [0.3, 0.4) is 0 Å². The van der Waals surface area contributed by atoms with Crippen LogP contribution in [0.2, 0.25) is 0 Å². The summed E-state index contributed by atoms with van der Waals surface area (Å²) in [5.41, 5.74) is 9.96. The number of nitrogens with two attached hydrogens (primary N) is 1. The molecule has 0 radical (unpaired) electrons. The van der Waals surface area contributed by atoms with E-state index in [4.69, 9.17) is 10.2 Å². The molecule has 0 spiro atoms. The number of anilines is 2. The van der Waals surface area contributed by atoms with Crippen molar-refractivity contribution >= 4 is 27.3 Å². The highest BCUT2D eigenvalue weighted by Gasteiger charge is 2.14. The van der Waals surface area contributed by atoms with Gasteiger partial charge in [-0.15, -0.1) is 0 Å². The molecule has 19 heavy (non-hydrogen) atoms. The van der Waals surface area contributed by atoms with Gasteiger partial charge < -0.3 is 15.5 Å². The first-order chi connectivity index (χ1) is 8.88. The lowest BCUT2D eigenvalue weighted by Crippen LogP contribution is -2.08. The third kappa shape index (κ3) is 2.95. The molecular formula is C15H19BrN2O. The average molecular weight is 323 g/mol. The Morgan fingerprint density at radius 3 is 2.47 bits per heavy atom. The van der Waals surface area contributed by atoms with E-state index >= 15 is 0 Å². The third-order valence-electron chi connectivity index (χ3n) is 3.27. The number of hydrogen-bond acceptors (Lipinski definition) is 3. The fourth-order valence-electron chi connectivity index (χ4n) is 2.20. The Bertz CT molecular complexity index is 604. The van der Waals surface area contributed by atoms with Gasteiger partial charge in [-0.3, -0.25) is 0 Å². The summed E-state index contributed by atoms with van der Waals surface area (Å²) >= 11 is 3.54.